The van der Waals surface area contributed by atoms with Crippen LogP contribution < -0.4 is 5.32 Å². The molecule has 0 spiro atoms. The van der Waals surface area contributed by atoms with Crippen LogP contribution in [0.4, 0.5) is 5.82 Å². The quantitative estimate of drug-likeness (QED) is 0.429. The number of anilines is 1. The first-order chi connectivity index (χ1) is 16.0. The van der Waals surface area contributed by atoms with Crippen LogP contribution in [0, 0.1) is 13.8 Å². The zero-order valence-corrected chi connectivity index (χ0v) is 18.6. The third-order valence-corrected chi connectivity index (χ3v) is 5.79. The average molecular weight is 438 g/mol. The highest BCUT2D eigenvalue weighted by Crippen LogP contribution is 2.36. The van der Waals surface area contributed by atoms with Gasteiger partial charge in [0.2, 0.25) is 5.91 Å². The molecule has 0 unspecified atom stereocenters. The second kappa shape index (κ2) is 8.31. The summed E-state index contributed by atoms with van der Waals surface area (Å²) in [5.74, 6) is 0.345. The molecular formula is C25H23N7O. The number of carbonyl (C=O) groups excluding carboxylic acids is 1. The fraction of sp³-hybridized carbons (Fsp3) is 0.160. The van der Waals surface area contributed by atoms with Crippen molar-refractivity contribution in [1.82, 2.24) is 29.7 Å². The molecule has 164 valence electrons. The molecule has 0 aromatic carbocycles. The van der Waals surface area contributed by atoms with Gasteiger partial charge in [-0.1, -0.05) is 6.07 Å². The van der Waals surface area contributed by atoms with Crippen molar-refractivity contribution in [3.8, 4) is 22.5 Å². The fourth-order valence-corrected chi connectivity index (χ4v) is 4.07. The number of pyridine rings is 3. The van der Waals surface area contributed by atoms with Gasteiger partial charge >= 0.3 is 0 Å². The number of aromatic amines is 1. The van der Waals surface area contributed by atoms with Crippen LogP contribution in [0.15, 0.2) is 61.1 Å². The van der Waals surface area contributed by atoms with Crippen LogP contribution in [0.2, 0.25) is 0 Å². The highest BCUT2D eigenvalue weighted by Gasteiger charge is 2.18. The molecule has 1 amide bonds. The van der Waals surface area contributed by atoms with Gasteiger partial charge in [0.05, 0.1) is 40.1 Å². The smallest absolute Gasteiger partial charge is 0.230 e. The van der Waals surface area contributed by atoms with Crippen LogP contribution in [0.5, 0.6) is 0 Å². The van der Waals surface area contributed by atoms with Gasteiger partial charge in [0.25, 0.3) is 0 Å². The normalized spacial score (nSPS) is 11.1. The number of hydrogen-bond acceptors (Lipinski definition) is 5. The first kappa shape index (κ1) is 20.6. The summed E-state index contributed by atoms with van der Waals surface area (Å²) in [4.78, 5) is 29.7. The maximum Gasteiger partial charge on any atom is 0.230 e. The lowest BCUT2D eigenvalue weighted by molar-refractivity contribution is -0.115. The number of rotatable bonds is 5. The molecule has 8 nitrogen and oxygen atoms in total. The van der Waals surface area contributed by atoms with Gasteiger partial charge in [-0.25, -0.2) is 4.98 Å². The number of nitrogens with zero attached hydrogens (tertiary/aromatic N) is 5. The van der Waals surface area contributed by atoms with Gasteiger partial charge in [-0.05, 0) is 50.2 Å². The molecular weight excluding hydrogens is 414 g/mol. The molecule has 5 heterocycles. The Labute approximate surface area is 190 Å². The van der Waals surface area contributed by atoms with E-state index in [0.717, 1.165) is 50.5 Å². The number of carbonyl (C=O) groups is 1. The van der Waals surface area contributed by atoms with Crippen LogP contribution in [0.1, 0.15) is 17.0 Å². The van der Waals surface area contributed by atoms with E-state index in [1.54, 1.807) is 23.3 Å². The SMILES string of the molecule is Cc1nn(C)c(C)c1CC(=O)Nc1cc(-c2[nH]c3cccnc3c2-c2ccccn2)ccn1. The maximum atomic E-state index is 12.8. The van der Waals surface area contributed by atoms with E-state index in [9.17, 15) is 4.79 Å². The van der Waals surface area contributed by atoms with Gasteiger partial charge in [-0.3, -0.25) is 19.4 Å². The Morgan fingerprint density at radius 3 is 2.64 bits per heavy atom. The van der Waals surface area contributed by atoms with E-state index in [2.05, 4.69) is 30.4 Å². The van der Waals surface area contributed by atoms with Gasteiger partial charge in [0, 0.05) is 42.5 Å². The summed E-state index contributed by atoms with van der Waals surface area (Å²) in [5.41, 5.74) is 8.03. The second-order valence-electron chi connectivity index (χ2n) is 7.92. The zero-order valence-electron chi connectivity index (χ0n) is 18.6. The van der Waals surface area contributed by atoms with Crippen molar-refractivity contribution in [3.05, 3.63) is 78.0 Å². The Morgan fingerprint density at radius 1 is 1.03 bits per heavy atom. The lowest BCUT2D eigenvalue weighted by Crippen LogP contribution is -2.16. The monoisotopic (exact) mass is 437 g/mol. The minimum absolute atomic E-state index is 0.137. The number of hydrogen-bond donors (Lipinski definition) is 2. The minimum Gasteiger partial charge on any atom is -0.353 e. The number of nitrogens with one attached hydrogen (secondary N) is 2. The summed E-state index contributed by atoms with van der Waals surface area (Å²) in [6, 6.07) is 13.4. The second-order valence-corrected chi connectivity index (χ2v) is 7.92. The lowest BCUT2D eigenvalue weighted by atomic mass is 10.0. The zero-order chi connectivity index (χ0) is 22.9. The van der Waals surface area contributed by atoms with Crippen LogP contribution in [-0.4, -0.2) is 35.6 Å². The van der Waals surface area contributed by atoms with Gasteiger partial charge in [0.1, 0.15) is 5.82 Å². The molecule has 33 heavy (non-hydrogen) atoms. The third kappa shape index (κ3) is 3.87. The van der Waals surface area contributed by atoms with Gasteiger partial charge in [-0.15, -0.1) is 0 Å². The molecule has 8 heteroatoms. The Hall–Kier alpha value is -4.33. The van der Waals surface area contributed by atoms with Crippen LogP contribution in [-0.2, 0) is 18.3 Å². The van der Waals surface area contributed by atoms with Gasteiger partial charge in [-0.2, -0.15) is 5.10 Å². The molecule has 0 aliphatic carbocycles. The highest BCUT2D eigenvalue weighted by molar-refractivity contribution is 6.01. The number of H-pyrrole nitrogens is 1. The molecule has 0 aliphatic heterocycles. The minimum atomic E-state index is -0.137. The Morgan fingerprint density at radius 2 is 1.88 bits per heavy atom. The standard InChI is InChI=1S/C25H23N7O/c1-15-18(16(2)32(3)31-15)14-22(33)30-21-13-17(9-12-27-21)24-23(19-7-4-5-10-26-19)25-20(29-24)8-6-11-28-25/h4-13,29H,14H2,1-3H3,(H,27,30,33). The third-order valence-electron chi connectivity index (χ3n) is 5.79. The maximum absolute atomic E-state index is 12.8. The summed E-state index contributed by atoms with van der Waals surface area (Å²) in [5, 5.41) is 7.31. The van der Waals surface area contributed by atoms with E-state index in [1.165, 1.54) is 0 Å². The first-order valence-electron chi connectivity index (χ1n) is 10.6. The largest absolute Gasteiger partial charge is 0.353 e. The number of amides is 1. The predicted molar refractivity (Wildman–Crippen MR) is 128 cm³/mol. The molecule has 5 rings (SSSR count). The Balaban J connectivity index is 1.49. The highest BCUT2D eigenvalue weighted by atomic mass is 16.1. The number of aromatic nitrogens is 6. The number of aryl methyl sites for hydroxylation is 2. The molecule has 0 bridgehead atoms. The van der Waals surface area contributed by atoms with Crippen molar-refractivity contribution < 1.29 is 4.79 Å². The lowest BCUT2D eigenvalue weighted by Gasteiger charge is -2.08. The molecule has 0 saturated heterocycles. The topological polar surface area (TPSA) is 101 Å². The van der Waals surface area contributed by atoms with Crippen molar-refractivity contribution in [3.63, 3.8) is 0 Å². The summed E-state index contributed by atoms with van der Waals surface area (Å²) in [7, 11) is 1.88. The fourth-order valence-electron chi connectivity index (χ4n) is 4.07. The van der Waals surface area contributed by atoms with E-state index in [1.807, 2.05) is 63.4 Å². The van der Waals surface area contributed by atoms with E-state index >= 15 is 0 Å². The molecule has 5 aromatic rings. The molecule has 0 radical (unpaired) electrons. The van der Waals surface area contributed by atoms with E-state index in [4.69, 9.17) is 0 Å². The molecule has 5 aromatic heterocycles. The van der Waals surface area contributed by atoms with Crippen molar-refractivity contribution in [2.24, 2.45) is 7.05 Å². The van der Waals surface area contributed by atoms with E-state index < -0.39 is 0 Å². The van der Waals surface area contributed by atoms with Crippen LogP contribution >= 0.6 is 0 Å². The number of fused-ring (bicyclic) bond motifs is 1. The first-order valence-corrected chi connectivity index (χ1v) is 10.6. The Bertz CT molecular complexity index is 1470. The summed E-state index contributed by atoms with van der Waals surface area (Å²) < 4.78 is 1.79. The van der Waals surface area contributed by atoms with Crippen LogP contribution in [0.3, 0.4) is 0 Å². The van der Waals surface area contributed by atoms with Crippen LogP contribution in [0.25, 0.3) is 33.5 Å². The van der Waals surface area contributed by atoms with Crippen molar-refractivity contribution >= 4 is 22.8 Å². The summed E-state index contributed by atoms with van der Waals surface area (Å²) in [6.07, 6.45) is 5.47. The Kier molecular flexibility index (Phi) is 5.18. The van der Waals surface area contributed by atoms with Gasteiger partial charge < -0.3 is 10.3 Å². The van der Waals surface area contributed by atoms with Crippen molar-refractivity contribution in [2.45, 2.75) is 20.3 Å². The molecule has 2 N–H and O–H groups in total. The predicted octanol–water partition coefficient (Wildman–Crippen LogP) is 4.22. The van der Waals surface area contributed by atoms with Gasteiger partial charge in [0.15, 0.2) is 0 Å². The summed E-state index contributed by atoms with van der Waals surface area (Å²) >= 11 is 0. The molecule has 0 atom stereocenters. The van der Waals surface area contributed by atoms with E-state index in [0.29, 0.717) is 5.82 Å². The summed E-state index contributed by atoms with van der Waals surface area (Å²) in [6.45, 7) is 3.88. The van der Waals surface area contributed by atoms with Crippen molar-refractivity contribution in [2.75, 3.05) is 5.32 Å². The molecule has 0 aliphatic rings. The molecule has 0 fully saturated rings. The molecule has 0 saturated carbocycles. The average Bonchev–Trinajstić information content (AvgIpc) is 3.32. The van der Waals surface area contributed by atoms with E-state index in [-0.39, 0.29) is 12.3 Å². The van der Waals surface area contributed by atoms with Crippen molar-refractivity contribution in [1.29, 1.82) is 0 Å².